The van der Waals surface area contributed by atoms with Gasteiger partial charge in [0.15, 0.2) is 0 Å². The van der Waals surface area contributed by atoms with Crippen LogP contribution in [-0.4, -0.2) is 22.2 Å². The molecule has 0 aromatic rings. The Morgan fingerprint density at radius 3 is 2.07 bits per heavy atom. The summed E-state index contributed by atoms with van der Waals surface area (Å²) in [6, 6.07) is 0. The van der Waals surface area contributed by atoms with Crippen LogP contribution in [0.2, 0.25) is 0 Å². The van der Waals surface area contributed by atoms with E-state index in [1.807, 2.05) is 13.8 Å². The van der Waals surface area contributed by atoms with E-state index in [9.17, 15) is 9.90 Å². The van der Waals surface area contributed by atoms with E-state index in [4.69, 9.17) is 0 Å². The van der Waals surface area contributed by atoms with E-state index in [1.165, 1.54) is 0 Å². The molecule has 0 saturated carbocycles. The Labute approximate surface area is 93.3 Å². The molecule has 15 heavy (non-hydrogen) atoms. The third-order valence-electron chi connectivity index (χ3n) is 2.93. The van der Waals surface area contributed by atoms with Crippen LogP contribution >= 0.6 is 0 Å². The van der Waals surface area contributed by atoms with Crippen molar-refractivity contribution >= 4 is 5.91 Å². The Balaban J connectivity index is 4.17. The molecule has 0 aromatic heterocycles. The van der Waals surface area contributed by atoms with Gasteiger partial charge in [-0.15, -0.1) is 0 Å². The number of nitrogens with one attached hydrogen (secondary N) is 1. The maximum absolute atomic E-state index is 11.6. The smallest absolute Gasteiger partial charge is 0.220 e. The van der Waals surface area contributed by atoms with Gasteiger partial charge in [-0.05, 0) is 40.0 Å². The van der Waals surface area contributed by atoms with Crippen molar-refractivity contribution in [3.63, 3.8) is 0 Å². The lowest BCUT2D eigenvalue weighted by molar-refractivity contribution is -0.126. The van der Waals surface area contributed by atoms with Gasteiger partial charge in [-0.2, -0.15) is 0 Å². The minimum absolute atomic E-state index is 0.0100. The summed E-state index contributed by atoms with van der Waals surface area (Å²) < 4.78 is 0. The molecule has 3 heteroatoms. The van der Waals surface area contributed by atoms with Crippen molar-refractivity contribution in [3.8, 4) is 0 Å². The summed E-state index contributed by atoms with van der Waals surface area (Å²) in [7, 11) is 0. The van der Waals surface area contributed by atoms with E-state index < -0.39 is 11.1 Å². The fourth-order valence-corrected chi connectivity index (χ4v) is 0.984. The zero-order valence-corrected chi connectivity index (χ0v) is 10.8. The van der Waals surface area contributed by atoms with Gasteiger partial charge in [0.25, 0.3) is 0 Å². The average molecular weight is 215 g/mol. The largest absolute Gasteiger partial charge is 0.388 e. The molecule has 0 heterocycles. The van der Waals surface area contributed by atoms with E-state index in [1.54, 1.807) is 13.8 Å². The fraction of sp³-hybridized carbons (Fsp3) is 0.917. The number of amides is 1. The van der Waals surface area contributed by atoms with Crippen LogP contribution in [0.5, 0.6) is 0 Å². The van der Waals surface area contributed by atoms with Gasteiger partial charge < -0.3 is 10.4 Å². The third kappa shape index (κ3) is 5.17. The third-order valence-corrected chi connectivity index (χ3v) is 2.93. The molecule has 1 amide bonds. The lowest BCUT2D eigenvalue weighted by Gasteiger charge is -2.38. The number of rotatable bonds is 5. The molecular formula is C12H25NO2. The zero-order chi connectivity index (χ0) is 12.3. The molecule has 0 fully saturated rings. The molecule has 0 aliphatic heterocycles. The molecule has 0 rings (SSSR count). The van der Waals surface area contributed by atoms with Crippen LogP contribution in [0.4, 0.5) is 0 Å². The molecule has 2 N–H and O–H groups in total. The Morgan fingerprint density at radius 1 is 1.27 bits per heavy atom. The quantitative estimate of drug-likeness (QED) is 0.737. The number of hydrogen-bond acceptors (Lipinski definition) is 2. The fourth-order valence-electron chi connectivity index (χ4n) is 0.984. The highest BCUT2D eigenvalue weighted by molar-refractivity contribution is 5.76. The number of aliphatic hydroxyl groups is 1. The SMILES string of the molecule is CC(C)CCC(=O)NC(C)(C)C(C)(C)O. The predicted octanol–water partition coefficient (Wildman–Crippen LogP) is 2.09. The van der Waals surface area contributed by atoms with Crippen molar-refractivity contribution in [1.29, 1.82) is 0 Å². The van der Waals surface area contributed by atoms with Gasteiger partial charge in [0.2, 0.25) is 5.91 Å². The van der Waals surface area contributed by atoms with Crippen molar-refractivity contribution in [2.75, 3.05) is 0 Å². The van der Waals surface area contributed by atoms with E-state index in [-0.39, 0.29) is 5.91 Å². The summed E-state index contributed by atoms with van der Waals surface area (Å²) >= 11 is 0. The summed E-state index contributed by atoms with van der Waals surface area (Å²) in [4.78, 5) is 11.6. The minimum Gasteiger partial charge on any atom is -0.388 e. The standard InChI is InChI=1S/C12H25NO2/c1-9(2)7-8-10(14)13-11(3,4)12(5,6)15/h9,15H,7-8H2,1-6H3,(H,13,14). The second-order valence-electron chi connectivity index (χ2n) is 5.66. The molecule has 0 unspecified atom stereocenters. The van der Waals surface area contributed by atoms with Crippen molar-refractivity contribution in [2.24, 2.45) is 5.92 Å². The number of carbonyl (C=O) groups excluding carboxylic acids is 1. The normalized spacial score (nSPS) is 13.1. The first-order chi connectivity index (χ1) is 6.56. The monoisotopic (exact) mass is 215 g/mol. The van der Waals surface area contributed by atoms with Crippen LogP contribution in [-0.2, 0) is 4.79 Å². The molecule has 0 aliphatic carbocycles. The molecule has 0 aliphatic rings. The predicted molar refractivity (Wildman–Crippen MR) is 62.6 cm³/mol. The van der Waals surface area contributed by atoms with Crippen LogP contribution in [0.1, 0.15) is 54.4 Å². The first-order valence-electron chi connectivity index (χ1n) is 5.59. The van der Waals surface area contributed by atoms with E-state index in [0.29, 0.717) is 12.3 Å². The Bertz CT molecular complexity index is 214. The van der Waals surface area contributed by atoms with Gasteiger partial charge in [-0.25, -0.2) is 0 Å². The summed E-state index contributed by atoms with van der Waals surface area (Å²) in [5.74, 6) is 0.539. The highest BCUT2D eigenvalue weighted by Crippen LogP contribution is 2.20. The van der Waals surface area contributed by atoms with E-state index in [2.05, 4.69) is 19.2 Å². The maximum Gasteiger partial charge on any atom is 0.220 e. The van der Waals surface area contributed by atoms with E-state index in [0.717, 1.165) is 6.42 Å². The van der Waals surface area contributed by atoms with Crippen LogP contribution in [0.15, 0.2) is 0 Å². The Hall–Kier alpha value is -0.570. The highest BCUT2D eigenvalue weighted by atomic mass is 16.3. The molecule has 0 aromatic carbocycles. The van der Waals surface area contributed by atoms with Crippen LogP contribution < -0.4 is 5.32 Å². The number of carbonyl (C=O) groups is 1. The Morgan fingerprint density at radius 2 is 1.73 bits per heavy atom. The first-order valence-corrected chi connectivity index (χ1v) is 5.59. The minimum atomic E-state index is -0.916. The maximum atomic E-state index is 11.6. The summed E-state index contributed by atoms with van der Waals surface area (Å²) in [6.45, 7) is 11.3. The van der Waals surface area contributed by atoms with Crippen LogP contribution in [0, 0.1) is 5.92 Å². The van der Waals surface area contributed by atoms with Crippen molar-refractivity contribution in [3.05, 3.63) is 0 Å². The molecule has 0 bridgehead atoms. The van der Waals surface area contributed by atoms with Gasteiger partial charge in [0.05, 0.1) is 11.1 Å². The number of hydrogen-bond donors (Lipinski definition) is 2. The van der Waals surface area contributed by atoms with Gasteiger partial charge in [0, 0.05) is 6.42 Å². The molecule has 0 atom stereocenters. The van der Waals surface area contributed by atoms with Gasteiger partial charge in [-0.3, -0.25) is 4.79 Å². The second-order valence-corrected chi connectivity index (χ2v) is 5.66. The van der Waals surface area contributed by atoms with E-state index >= 15 is 0 Å². The van der Waals surface area contributed by atoms with Crippen LogP contribution in [0.3, 0.4) is 0 Å². The molecule has 0 radical (unpaired) electrons. The molecule has 0 spiro atoms. The lowest BCUT2D eigenvalue weighted by atomic mass is 9.86. The van der Waals surface area contributed by atoms with Gasteiger partial charge >= 0.3 is 0 Å². The first kappa shape index (κ1) is 14.4. The van der Waals surface area contributed by atoms with Crippen molar-refractivity contribution < 1.29 is 9.90 Å². The summed E-state index contributed by atoms with van der Waals surface area (Å²) in [5, 5.41) is 12.7. The zero-order valence-electron chi connectivity index (χ0n) is 10.8. The van der Waals surface area contributed by atoms with Crippen LogP contribution in [0.25, 0.3) is 0 Å². The molecule has 3 nitrogen and oxygen atoms in total. The van der Waals surface area contributed by atoms with Gasteiger partial charge in [-0.1, -0.05) is 13.8 Å². The molecule has 90 valence electrons. The average Bonchev–Trinajstić information content (AvgIpc) is 1.97. The van der Waals surface area contributed by atoms with Gasteiger partial charge in [0.1, 0.15) is 0 Å². The van der Waals surface area contributed by atoms with Crippen molar-refractivity contribution in [1.82, 2.24) is 5.32 Å². The highest BCUT2D eigenvalue weighted by Gasteiger charge is 2.36. The summed E-state index contributed by atoms with van der Waals surface area (Å²) in [6.07, 6.45) is 1.41. The topological polar surface area (TPSA) is 49.3 Å². The lowest BCUT2D eigenvalue weighted by Crippen LogP contribution is -2.57. The molecule has 0 saturated heterocycles. The Kier molecular flexibility index (Phi) is 4.78. The molecular weight excluding hydrogens is 190 g/mol. The van der Waals surface area contributed by atoms with Crippen molar-refractivity contribution in [2.45, 2.75) is 65.5 Å². The second kappa shape index (κ2) is 4.97. The summed E-state index contributed by atoms with van der Waals surface area (Å²) in [5.41, 5.74) is -1.51.